The number of rotatable bonds is 10. The third-order valence-corrected chi connectivity index (χ3v) is 10.4. The van der Waals surface area contributed by atoms with E-state index in [0.717, 1.165) is 40.3 Å². The van der Waals surface area contributed by atoms with Gasteiger partial charge in [0.05, 0.1) is 36.6 Å². The molecule has 2 aliphatic rings. The minimum atomic E-state index is -5.00. The first-order chi connectivity index (χ1) is 22.8. The lowest BCUT2D eigenvalue weighted by atomic mass is 9.83. The van der Waals surface area contributed by atoms with Gasteiger partial charge in [0.15, 0.2) is 11.5 Å². The number of hydrogen-bond donors (Lipinski definition) is 0. The minimum absolute atomic E-state index is 0.0946. The highest BCUT2D eigenvalue weighted by Crippen LogP contribution is 2.38. The summed E-state index contributed by atoms with van der Waals surface area (Å²) in [5.74, 6) is -1.41. The molecule has 4 aromatic heterocycles. The van der Waals surface area contributed by atoms with Gasteiger partial charge in [-0.15, -0.1) is 0 Å². The Morgan fingerprint density at radius 1 is 1.15 bits per heavy atom. The van der Waals surface area contributed by atoms with Gasteiger partial charge in [-0.2, -0.15) is 23.5 Å². The van der Waals surface area contributed by atoms with Gasteiger partial charge in [-0.3, -0.25) is 14.4 Å². The second kappa shape index (κ2) is 13.1. The number of nitriles is 1. The summed E-state index contributed by atoms with van der Waals surface area (Å²) < 4.78 is 63.6. The van der Waals surface area contributed by atoms with E-state index >= 15 is 0 Å². The maximum atomic E-state index is 14.6. The van der Waals surface area contributed by atoms with Crippen molar-refractivity contribution in [3.05, 3.63) is 60.3 Å². The summed E-state index contributed by atoms with van der Waals surface area (Å²) in [5, 5.41) is 15.3. The number of aromatic nitrogens is 6. The Balaban J connectivity index is 1.10. The Labute approximate surface area is 276 Å². The van der Waals surface area contributed by atoms with Crippen LogP contribution < -0.4 is 0 Å². The highest BCUT2D eigenvalue weighted by molar-refractivity contribution is 8.32. The number of likely N-dealkylation sites (tertiary alicyclic amines) is 2. The molecule has 0 aromatic carbocycles. The third-order valence-electron chi connectivity index (χ3n) is 9.03. The van der Waals surface area contributed by atoms with Gasteiger partial charge in [0, 0.05) is 67.5 Å². The lowest BCUT2D eigenvalue weighted by Gasteiger charge is -2.53. The molecule has 0 unspecified atom stereocenters. The summed E-state index contributed by atoms with van der Waals surface area (Å²) in [5.41, 5.74) is -0.580. The molecule has 0 radical (unpaired) electrons. The van der Waals surface area contributed by atoms with Gasteiger partial charge in [0.1, 0.15) is 24.2 Å². The van der Waals surface area contributed by atoms with Gasteiger partial charge in [-0.05, 0) is 43.7 Å². The summed E-state index contributed by atoms with van der Waals surface area (Å²) in [6, 6.07) is 5.35. The van der Waals surface area contributed by atoms with Crippen molar-refractivity contribution in [3.8, 4) is 17.3 Å². The van der Waals surface area contributed by atoms with Crippen molar-refractivity contribution in [2.75, 3.05) is 57.3 Å². The molecule has 48 heavy (non-hydrogen) atoms. The zero-order valence-corrected chi connectivity index (χ0v) is 27.8. The number of amides is 1. The summed E-state index contributed by atoms with van der Waals surface area (Å²) in [7, 11) is -0.642. The number of pyridine rings is 1. The number of hydrogen-bond acceptors (Lipinski definition) is 8. The number of carbonyl (C=O) groups excluding carboxylic acids is 1. The van der Waals surface area contributed by atoms with E-state index in [1.54, 1.807) is 6.20 Å². The molecular weight excluding hydrogens is 650 g/mol. The molecule has 6 heterocycles. The summed E-state index contributed by atoms with van der Waals surface area (Å²) in [4.78, 5) is 28.7. The van der Waals surface area contributed by atoms with Crippen LogP contribution in [-0.2, 0) is 23.2 Å². The van der Waals surface area contributed by atoms with Gasteiger partial charge in [-0.1, -0.05) is 0 Å². The molecule has 1 amide bonds. The van der Waals surface area contributed by atoms with Crippen LogP contribution in [0.15, 0.2) is 43.2 Å². The molecule has 2 saturated heterocycles. The smallest absolute Gasteiger partial charge is 0.360 e. The normalized spacial score (nSPS) is 17.8. The summed E-state index contributed by atoms with van der Waals surface area (Å²) >= 11 is 0. The first-order valence-electron chi connectivity index (χ1n) is 15.5. The fourth-order valence-electron chi connectivity index (χ4n) is 6.38. The number of carbonyl (C=O) groups is 1. The number of alkyl halides is 3. The molecule has 4 aromatic rings. The first-order valence-corrected chi connectivity index (χ1v) is 18.5. The van der Waals surface area contributed by atoms with Crippen LogP contribution in [0.4, 0.5) is 17.6 Å². The second-order valence-corrected chi connectivity index (χ2v) is 17.8. The van der Waals surface area contributed by atoms with E-state index < -0.39 is 44.7 Å². The number of ether oxygens (including phenoxy) is 1. The predicted octanol–water partition coefficient (Wildman–Crippen LogP) is 4.75. The molecule has 2 fully saturated rings. The largest absolute Gasteiger partial charge is 0.436 e. The maximum absolute atomic E-state index is 14.6. The predicted molar refractivity (Wildman–Crippen MR) is 173 cm³/mol. The molecule has 0 aliphatic carbocycles. The summed E-state index contributed by atoms with van der Waals surface area (Å²) in [6.07, 6.45) is 11.1. The number of halogens is 4. The molecule has 6 rings (SSSR count). The fraction of sp³-hybridized carbons (Fsp3) is 0.500. The SMILES string of the molecule is CS(C)(C)CCOCn1ccc2c(-c3cnn(C4(CC#N)CN(C5CCN(C(=O)c6ccnc(C(F)(F)F)c6F)CC5)C4)c3)ncnc21. The van der Waals surface area contributed by atoms with Crippen molar-refractivity contribution in [1.29, 1.82) is 5.26 Å². The lowest BCUT2D eigenvalue weighted by molar-refractivity contribution is -0.143. The van der Waals surface area contributed by atoms with Gasteiger partial charge < -0.3 is 14.2 Å². The molecule has 16 heteroatoms. The van der Waals surface area contributed by atoms with Crippen LogP contribution >= 0.6 is 10.0 Å². The van der Waals surface area contributed by atoms with Gasteiger partial charge in [-0.25, -0.2) is 29.4 Å². The van der Waals surface area contributed by atoms with Crippen LogP contribution in [-0.4, -0.2) is 108 Å². The number of piperidine rings is 1. The van der Waals surface area contributed by atoms with Crippen LogP contribution in [0.3, 0.4) is 0 Å². The van der Waals surface area contributed by atoms with Crippen molar-refractivity contribution in [2.45, 2.75) is 43.8 Å². The van der Waals surface area contributed by atoms with E-state index in [0.29, 0.717) is 39.3 Å². The third kappa shape index (κ3) is 6.76. The number of fused-ring (bicyclic) bond motifs is 1. The zero-order valence-electron chi connectivity index (χ0n) is 27.0. The fourth-order valence-corrected chi connectivity index (χ4v) is 7.00. The molecule has 0 atom stereocenters. The van der Waals surface area contributed by atoms with E-state index in [2.05, 4.69) is 49.8 Å². The van der Waals surface area contributed by atoms with E-state index in [-0.39, 0.29) is 25.6 Å². The van der Waals surface area contributed by atoms with Crippen molar-refractivity contribution >= 4 is 27.0 Å². The Kier molecular flexibility index (Phi) is 9.22. The average molecular weight is 688 g/mol. The Morgan fingerprint density at radius 3 is 2.58 bits per heavy atom. The average Bonchev–Trinajstić information content (AvgIpc) is 3.68. The van der Waals surface area contributed by atoms with Gasteiger partial charge >= 0.3 is 6.18 Å². The molecule has 2 aliphatic heterocycles. The van der Waals surface area contributed by atoms with E-state index in [1.165, 1.54) is 11.2 Å². The molecule has 256 valence electrons. The molecule has 0 spiro atoms. The first kappa shape index (κ1) is 33.8. The molecule has 11 nitrogen and oxygen atoms in total. The van der Waals surface area contributed by atoms with E-state index in [4.69, 9.17) is 4.74 Å². The zero-order chi connectivity index (χ0) is 34.3. The Bertz CT molecular complexity index is 1830. The highest BCUT2D eigenvalue weighted by Gasteiger charge is 2.48. The maximum Gasteiger partial charge on any atom is 0.436 e. The summed E-state index contributed by atoms with van der Waals surface area (Å²) in [6.45, 7) is 2.74. The van der Waals surface area contributed by atoms with Gasteiger partial charge in [0.25, 0.3) is 5.91 Å². The van der Waals surface area contributed by atoms with E-state index in [1.807, 2.05) is 27.7 Å². The Morgan fingerprint density at radius 2 is 1.90 bits per heavy atom. The van der Waals surface area contributed by atoms with Gasteiger partial charge in [0.2, 0.25) is 0 Å². The van der Waals surface area contributed by atoms with Crippen LogP contribution in [0.5, 0.6) is 0 Å². The molecular formula is C32H37F4N9O2S. The molecule has 0 bridgehead atoms. The van der Waals surface area contributed by atoms with Crippen LogP contribution in [0.1, 0.15) is 35.3 Å². The molecule has 0 N–H and O–H groups in total. The van der Waals surface area contributed by atoms with Crippen molar-refractivity contribution < 1.29 is 27.1 Å². The van der Waals surface area contributed by atoms with Crippen LogP contribution in [0.25, 0.3) is 22.3 Å². The van der Waals surface area contributed by atoms with Crippen LogP contribution in [0.2, 0.25) is 0 Å². The standard InChI is InChI=1S/C32H37F4N9O2S/c1-48(2,3)15-14-47-21-43-13-7-25-27(39-20-40-29(25)43)22-16-41-45(17-22)31(8-9-37)18-44(19-31)23-5-11-42(12-6-23)30(46)24-4-10-38-28(26(24)33)32(34,35)36/h4,7,10,13,16-17,20,23H,5-6,8,11-12,14-15,18-19,21H2,1-3H3. The Hall–Kier alpha value is -4.07. The van der Waals surface area contributed by atoms with Crippen molar-refractivity contribution in [2.24, 2.45) is 0 Å². The van der Waals surface area contributed by atoms with Crippen molar-refractivity contribution in [3.63, 3.8) is 0 Å². The van der Waals surface area contributed by atoms with E-state index in [9.17, 15) is 27.6 Å². The second-order valence-electron chi connectivity index (χ2n) is 13.3. The topological polar surface area (TPSA) is 118 Å². The number of nitrogens with zero attached hydrogens (tertiary/aromatic N) is 9. The monoisotopic (exact) mass is 687 g/mol. The highest BCUT2D eigenvalue weighted by atomic mass is 32.3. The lowest BCUT2D eigenvalue weighted by Crippen LogP contribution is -2.66. The molecule has 0 saturated carbocycles. The quantitative estimate of drug-likeness (QED) is 0.173. The minimum Gasteiger partial charge on any atom is -0.360 e. The van der Waals surface area contributed by atoms with Crippen molar-refractivity contribution in [1.82, 2.24) is 39.1 Å². The van der Waals surface area contributed by atoms with Crippen LogP contribution in [0, 0.1) is 17.1 Å².